The van der Waals surface area contributed by atoms with Crippen LogP contribution in [0.3, 0.4) is 0 Å². The number of primary amides is 1. The molecule has 20 heavy (non-hydrogen) atoms. The summed E-state index contributed by atoms with van der Waals surface area (Å²) in [4.78, 5) is 11.0. The van der Waals surface area contributed by atoms with Crippen molar-refractivity contribution in [1.29, 1.82) is 0 Å². The molecule has 0 spiro atoms. The van der Waals surface area contributed by atoms with Crippen molar-refractivity contribution in [1.82, 2.24) is 0 Å². The second kappa shape index (κ2) is 5.56. The van der Waals surface area contributed by atoms with Crippen molar-refractivity contribution in [3.63, 3.8) is 0 Å². The minimum Gasteiger partial charge on any atom is -0.508 e. The molecule has 0 heterocycles. The number of hydrogen-bond acceptors (Lipinski definition) is 3. The van der Waals surface area contributed by atoms with E-state index in [0.29, 0.717) is 0 Å². The Kier molecular flexibility index (Phi) is 3.84. The molecule has 2 aromatic carbocycles. The molecule has 4 nitrogen and oxygen atoms in total. The smallest absolute Gasteiger partial charge is 0.248 e. The van der Waals surface area contributed by atoms with E-state index in [4.69, 9.17) is 5.73 Å². The number of halogens is 2. The molecule has 0 bridgehead atoms. The van der Waals surface area contributed by atoms with Gasteiger partial charge < -0.3 is 16.2 Å². The lowest BCUT2D eigenvalue weighted by molar-refractivity contribution is 0.100. The Bertz CT molecular complexity index is 660. The first-order valence-electron chi connectivity index (χ1n) is 5.78. The zero-order valence-corrected chi connectivity index (χ0v) is 10.4. The minimum atomic E-state index is -0.679. The molecule has 0 atom stereocenters. The van der Waals surface area contributed by atoms with Crippen molar-refractivity contribution in [2.45, 2.75) is 6.54 Å². The van der Waals surface area contributed by atoms with Gasteiger partial charge in [0.05, 0.1) is 5.69 Å². The van der Waals surface area contributed by atoms with Crippen LogP contribution in [0.5, 0.6) is 5.75 Å². The van der Waals surface area contributed by atoms with Crippen molar-refractivity contribution in [3.8, 4) is 5.75 Å². The number of carbonyl (C=O) groups is 1. The van der Waals surface area contributed by atoms with Gasteiger partial charge in [-0.15, -0.1) is 0 Å². The monoisotopic (exact) mass is 278 g/mol. The Balaban J connectivity index is 2.20. The number of aromatic hydroxyl groups is 1. The summed E-state index contributed by atoms with van der Waals surface area (Å²) in [5.74, 6) is -1.87. The van der Waals surface area contributed by atoms with Gasteiger partial charge in [0.2, 0.25) is 5.91 Å². The Morgan fingerprint density at radius 1 is 1.20 bits per heavy atom. The van der Waals surface area contributed by atoms with E-state index in [0.717, 1.165) is 18.2 Å². The van der Waals surface area contributed by atoms with Crippen LogP contribution in [0.25, 0.3) is 0 Å². The van der Waals surface area contributed by atoms with Crippen LogP contribution in [0.1, 0.15) is 15.9 Å². The lowest BCUT2D eigenvalue weighted by Crippen LogP contribution is -2.12. The van der Waals surface area contributed by atoms with E-state index in [9.17, 15) is 18.7 Å². The summed E-state index contributed by atoms with van der Waals surface area (Å²) in [6.07, 6.45) is 0. The van der Waals surface area contributed by atoms with Crippen molar-refractivity contribution in [2.24, 2.45) is 5.73 Å². The number of rotatable bonds is 4. The van der Waals surface area contributed by atoms with Crippen LogP contribution in [0.15, 0.2) is 36.4 Å². The molecule has 1 amide bonds. The normalized spacial score (nSPS) is 10.3. The minimum absolute atomic E-state index is 0.00271. The number of phenols is 1. The van der Waals surface area contributed by atoms with Crippen LogP contribution < -0.4 is 11.1 Å². The molecule has 0 aliphatic carbocycles. The largest absolute Gasteiger partial charge is 0.508 e. The summed E-state index contributed by atoms with van der Waals surface area (Å²) in [7, 11) is 0. The molecule has 0 aliphatic rings. The molecule has 0 aromatic heterocycles. The highest BCUT2D eigenvalue weighted by Crippen LogP contribution is 2.21. The maximum atomic E-state index is 13.6. The summed E-state index contributed by atoms with van der Waals surface area (Å²) < 4.78 is 26.6. The van der Waals surface area contributed by atoms with Gasteiger partial charge in [0.25, 0.3) is 0 Å². The van der Waals surface area contributed by atoms with E-state index < -0.39 is 17.5 Å². The highest BCUT2D eigenvalue weighted by molar-refractivity contribution is 5.93. The number of benzene rings is 2. The highest BCUT2D eigenvalue weighted by Gasteiger charge is 2.08. The number of carbonyl (C=O) groups excluding carboxylic acids is 1. The average Bonchev–Trinajstić information content (AvgIpc) is 2.41. The molecule has 2 rings (SSSR count). The van der Waals surface area contributed by atoms with Crippen LogP contribution in [-0.2, 0) is 6.54 Å². The lowest BCUT2D eigenvalue weighted by atomic mass is 10.1. The number of amides is 1. The SMILES string of the molecule is NC(=O)c1ccc(F)c(NCc2cc(F)ccc2O)c1. The van der Waals surface area contributed by atoms with Crippen LogP contribution in [0.4, 0.5) is 14.5 Å². The number of nitrogens with one attached hydrogen (secondary N) is 1. The second-order valence-electron chi connectivity index (χ2n) is 4.19. The molecule has 0 saturated carbocycles. The van der Waals surface area contributed by atoms with Crippen LogP contribution >= 0.6 is 0 Å². The third kappa shape index (κ3) is 3.03. The zero-order valence-electron chi connectivity index (χ0n) is 10.4. The summed E-state index contributed by atoms with van der Waals surface area (Å²) in [6, 6.07) is 7.10. The van der Waals surface area contributed by atoms with E-state index in [1.54, 1.807) is 0 Å². The van der Waals surface area contributed by atoms with Crippen molar-refractivity contribution in [2.75, 3.05) is 5.32 Å². The van der Waals surface area contributed by atoms with Gasteiger partial charge >= 0.3 is 0 Å². The molecular formula is C14H12F2N2O2. The molecule has 104 valence electrons. The summed E-state index contributed by atoms with van der Waals surface area (Å²) >= 11 is 0. The van der Waals surface area contributed by atoms with Gasteiger partial charge in [-0.1, -0.05) is 0 Å². The first-order chi connectivity index (χ1) is 9.47. The third-order valence-corrected chi connectivity index (χ3v) is 2.76. The van der Waals surface area contributed by atoms with Crippen LogP contribution in [0, 0.1) is 11.6 Å². The molecular weight excluding hydrogens is 266 g/mol. The lowest BCUT2D eigenvalue weighted by Gasteiger charge is -2.10. The standard InChI is InChI=1S/C14H12F2N2O2/c15-10-2-4-13(19)9(5-10)7-18-12-6-8(14(17)20)1-3-11(12)16/h1-6,18-19H,7H2,(H2,17,20). The first-order valence-corrected chi connectivity index (χ1v) is 5.78. The summed E-state index contributed by atoms with van der Waals surface area (Å²) in [5, 5.41) is 12.2. The molecule has 0 saturated heterocycles. The van der Waals surface area contributed by atoms with Crippen molar-refractivity contribution >= 4 is 11.6 Å². The van der Waals surface area contributed by atoms with Gasteiger partial charge in [0.15, 0.2) is 0 Å². The van der Waals surface area contributed by atoms with Crippen LogP contribution in [-0.4, -0.2) is 11.0 Å². The maximum Gasteiger partial charge on any atom is 0.248 e. The number of hydrogen-bond donors (Lipinski definition) is 3. The fourth-order valence-electron chi connectivity index (χ4n) is 1.70. The molecule has 0 aliphatic heterocycles. The van der Waals surface area contributed by atoms with Gasteiger partial charge in [0, 0.05) is 17.7 Å². The molecule has 0 unspecified atom stereocenters. The second-order valence-corrected chi connectivity index (χ2v) is 4.19. The predicted octanol–water partition coefficient (Wildman–Crippen LogP) is 2.38. The predicted molar refractivity (Wildman–Crippen MR) is 70.3 cm³/mol. The fraction of sp³-hybridized carbons (Fsp3) is 0.0714. The zero-order chi connectivity index (χ0) is 14.7. The van der Waals surface area contributed by atoms with E-state index in [2.05, 4.69) is 5.32 Å². The Hall–Kier alpha value is -2.63. The number of nitrogens with two attached hydrogens (primary N) is 1. The van der Waals surface area contributed by atoms with Crippen molar-refractivity contribution in [3.05, 3.63) is 59.2 Å². The maximum absolute atomic E-state index is 13.6. The Morgan fingerprint density at radius 3 is 2.65 bits per heavy atom. The third-order valence-electron chi connectivity index (χ3n) is 2.76. The van der Waals surface area contributed by atoms with E-state index in [1.165, 1.54) is 18.2 Å². The van der Waals surface area contributed by atoms with Crippen LogP contribution in [0.2, 0.25) is 0 Å². The average molecular weight is 278 g/mol. The van der Waals surface area contributed by atoms with Crippen molar-refractivity contribution < 1.29 is 18.7 Å². The fourth-order valence-corrected chi connectivity index (χ4v) is 1.70. The molecule has 0 fully saturated rings. The first kappa shape index (κ1) is 13.8. The summed E-state index contributed by atoms with van der Waals surface area (Å²) in [5.41, 5.74) is 5.57. The van der Waals surface area contributed by atoms with Gasteiger partial charge in [0.1, 0.15) is 17.4 Å². The number of anilines is 1. The quantitative estimate of drug-likeness (QED) is 0.803. The van der Waals surface area contributed by atoms with Gasteiger partial charge in [-0.25, -0.2) is 8.78 Å². The van der Waals surface area contributed by atoms with Gasteiger partial charge in [-0.05, 0) is 36.4 Å². The van der Waals surface area contributed by atoms with E-state index in [-0.39, 0.29) is 29.1 Å². The highest BCUT2D eigenvalue weighted by atomic mass is 19.1. The molecule has 2 aromatic rings. The van der Waals surface area contributed by atoms with E-state index in [1.807, 2.05) is 0 Å². The van der Waals surface area contributed by atoms with E-state index >= 15 is 0 Å². The van der Waals surface area contributed by atoms with Gasteiger partial charge in [-0.2, -0.15) is 0 Å². The Morgan fingerprint density at radius 2 is 1.95 bits per heavy atom. The molecule has 4 N–H and O–H groups in total. The summed E-state index contributed by atoms with van der Waals surface area (Å²) in [6.45, 7) is 0.00271. The Labute approximate surface area is 113 Å². The molecule has 0 radical (unpaired) electrons. The molecule has 6 heteroatoms. The number of phenolic OH excluding ortho intramolecular Hbond substituents is 1. The topological polar surface area (TPSA) is 75.4 Å². The van der Waals surface area contributed by atoms with Gasteiger partial charge in [-0.3, -0.25) is 4.79 Å².